The van der Waals surface area contributed by atoms with Crippen molar-refractivity contribution in [2.75, 3.05) is 54.0 Å². The molecule has 0 aliphatic heterocycles. The van der Waals surface area contributed by atoms with Gasteiger partial charge in [-0.2, -0.15) is 0 Å². The monoisotopic (exact) mass is 504 g/mol. The van der Waals surface area contributed by atoms with Gasteiger partial charge in [-0.3, -0.25) is 4.79 Å². The van der Waals surface area contributed by atoms with E-state index in [1.165, 1.54) is 0 Å². The summed E-state index contributed by atoms with van der Waals surface area (Å²) in [5.41, 5.74) is 3.13. The summed E-state index contributed by atoms with van der Waals surface area (Å²) >= 11 is 0. The number of rotatable bonds is 13. The smallest absolute Gasteiger partial charge is 0.317 e. The van der Waals surface area contributed by atoms with E-state index in [0.717, 1.165) is 29.0 Å². The summed E-state index contributed by atoms with van der Waals surface area (Å²) in [7, 11) is 5.55. The molecule has 0 fully saturated rings. The van der Waals surface area contributed by atoms with Crippen LogP contribution in [0.4, 0.5) is 4.79 Å². The summed E-state index contributed by atoms with van der Waals surface area (Å²) in [5, 5.41) is 5.52. The zero-order valence-corrected chi connectivity index (χ0v) is 21.8. The molecule has 3 amide bonds. The summed E-state index contributed by atoms with van der Waals surface area (Å²) in [4.78, 5) is 27.9. The number of benzene rings is 3. The SMILES string of the molecule is CNC(=O)N(CCOc1ccc(-c2ccc(OCC(=O)NCCN(C)C)cc2)cc1)Cc1ccccc1. The predicted molar refractivity (Wildman–Crippen MR) is 146 cm³/mol. The highest BCUT2D eigenvalue weighted by molar-refractivity contribution is 5.77. The van der Waals surface area contributed by atoms with Crippen LogP contribution in [0.25, 0.3) is 11.1 Å². The van der Waals surface area contributed by atoms with Crippen LogP contribution in [0, 0.1) is 0 Å². The van der Waals surface area contributed by atoms with Crippen LogP contribution in [0.1, 0.15) is 5.56 Å². The van der Waals surface area contributed by atoms with Crippen molar-refractivity contribution in [2.45, 2.75) is 6.54 Å². The fraction of sp³-hybridized carbons (Fsp3) is 0.310. The fourth-order valence-corrected chi connectivity index (χ4v) is 3.59. The quantitative estimate of drug-likeness (QED) is 0.372. The molecule has 0 aliphatic carbocycles. The van der Waals surface area contributed by atoms with Gasteiger partial charge in [0, 0.05) is 26.7 Å². The number of carbonyl (C=O) groups is 2. The van der Waals surface area contributed by atoms with E-state index in [2.05, 4.69) is 10.6 Å². The Morgan fingerprint density at radius 1 is 0.784 bits per heavy atom. The maximum atomic E-state index is 12.3. The maximum absolute atomic E-state index is 12.3. The van der Waals surface area contributed by atoms with Gasteiger partial charge in [-0.05, 0) is 55.1 Å². The van der Waals surface area contributed by atoms with E-state index in [-0.39, 0.29) is 18.5 Å². The number of hydrogen-bond donors (Lipinski definition) is 2. The maximum Gasteiger partial charge on any atom is 0.317 e. The molecule has 2 N–H and O–H groups in total. The minimum absolute atomic E-state index is 0.0124. The number of nitrogens with one attached hydrogen (secondary N) is 2. The third-order valence-electron chi connectivity index (χ3n) is 5.64. The van der Waals surface area contributed by atoms with Gasteiger partial charge in [0.15, 0.2) is 6.61 Å². The highest BCUT2D eigenvalue weighted by Crippen LogP contribution is 2.24. The van der Waals surface area contributed by atoms with Crippen LogP contribution in [0.3, 0.4) is 0 Å². The van der Waals surface area contributed by atoms with Gasteiger partial charge in [0.2, 0.25) is 0 Å². The highest BCUT2D eigenvalue weighted by Gasteiger charge is 2.12. The average Bonchev–Trinajstić information content (AvgIpc) is 2.92. The minimum atomic E-state index is -0.139. The lowest BCUT2D eigenvalue weighted by Gasteiger charge is -2.22. The van der Waals surface area contributed by atoms with Gasteiger partial charge in [-0.15, -0.1) is 0 Å². The van der Waals surface area contributed by atoms with Crippen LogP contribution in [0.15, 0.2) is 78.9 Å². The summed E-state index contributed by atoms with van der Waals surface area (Å²) < 4.78 is 11.5. The number of amides is 3. The Kier molecular flexibility index (Phi) is 10.8. The second-order valence-electron chi connectivity index (χ2n) is 8.80. The Labute approximate surface area is 219 Å². The molecule has 0 atom stereocenters. The molecular formula is C29H36N4O4. The Hall–Kier alpha value is -4.04. The third kappa shape index (κ3) is 9.50. The molecule has 0 unspecified atom stereocenters. The summed E-state index contributed by atoms with van der Waals surface area (Å²) in [5.74, 6) is 1.24. The molecule has 0 radical (unpaired) electrons. The van der Waals surface area contributed by atoms with Crippen molar-refractivity contribution in [3.63, 3.8) is 0 Å². The molecule has 0 aromatic heterocycles. The number of urea groups is 1. The van der Waals surface area contributed by atoms with Gasteiger partial charge in [0.25, 0.3) is 5.91 Å². The van der Waals surface area contributed by atoms with E-state index in [1.54, 1.807) is 11.9 Å². The number of carbonyl (C=O) groups excluding carboxylic acids is 2. The first-order valence-corrected chi connectivity index (χ1v) is 12.3. The molecular weight excluding hydrogens is 468 g/mol. The van der Waals surface area contributed by atoms with Crippen LogP contribution in [0.5, 0.6) is 11.5 Å². The van der Waals surface area contributed by atoms with E-state index in [0.29, 0.717) is 32.0 Å². The molecule has 0 heterocycles. The van der Waals surface area contributed by atoms with Crippen LogP contribution in [-0.2, 0) is 11.3 Å². The van der Waals surface area contributed by atoms with E-state index in [4.69, 9.17) is 9.47 Å². The molecule has 8 nitrogen and oxygen atoms in total. The molecule has 0 saturated carbocycles. The van der Waals surface area contributed by atoms with E-state index < -0.39 is 0 Å². The highest BCUT2D eigenvalue weighted by atomic mass is 16.5. The fourth-order valence-electron chi connectivity index (χ4n) is 3.59. The van der Waals surface area contributed by atoms with Crippen molar-refractivity contribution in [3.05, 3.63) is 84.4 Å². The first-order chi connectivity index (χ1) is 17.9. The zero-order valence-electron chi connectivity index (χ0n) is 21.8. The van der Waals surface area contributed by atoms with E-state index in [1.807, 2.05) is 97.9 Å². The van der Waals surface area contributed by atoms with Crippen LogP contribution >= 0.6 is 0 Å². The van der Waals surface area contributed by atoms with Gasteiger partial charge in [-0.25, -0.2) is 4.79 Å². The van der Waals surface area contributed by atoms with Gasteiger partial charge in [-0.1, -0.05) is 54.6 Å². The molecule has 3 aromatic rings. The lowest BCUT2D eigenvalue weighted by molar-refractivity contribution is -0.123. The number of hydrogen-bond acceptors (Lipinski definition) is 5. The lowest BCUT2D eigenvalue weighted by atomic mass is 10.1. The predicted octanol–water partition coefficient (Wildman–Crippen LogP) is 3.63. The third-order valence-corrected chi connectivity index (χ3v) is 5.64. The van der Waals surface area contributed by atoms with E-state index in [9.17, 15) is 9.59 Å². The second-order valence-corrected chi connectivity index (χ2v) is 8.80. The molecule has 37 heavy (non-hydrogen) atoms. The van der Waals surface area contributed by atoms with Crippen molar-refractivity contribution < 1.29 is 19.1 Å². The van der Waals surface area contributed by atoms with Crippen LogP contribution in [0.2, 0.25) is 0 Å². The Bertz CT molecular complexity index is 1100. The molecule has 8 heteroatoms. The van der Waals surface area contributed by atoms with Crippen molar-refractivity contribution in [1.29, 1.82) is 0 Å². The number of likely N-dealkylation sites (N-methyl/N-ethyl adjacent to an activating group) is 1. The summed E-state index contributed by atoms with van der Waals surface area (Å²) in [6.07, 6.45) is 0. The molecule has 3 aromatic carbocycles. The summed E-state index contributed by atoms with van der Waals surface area (Å²) in [6, 6.07) is 25.2. The topological polar surface area (TPSA) is 83.1 Å². The van der Waals surface area contributed by atoms with Crippen molar-refractivity contribution in [1.82, 2.24) is 20.4 Å². The lowest BCUT2D eigenvalue weighted by Crippen LogP contribution is -2.40. The molecule has 196 valence electrons. The number of ether oxygens (including phenoxy) is 2. The molecule has 0 spiro atoms. The first-order valence-electron chi connectivity index (χ1n) is 12.3. The van der Waals surface area contributed by atoms with Gasteiger partial charge in [0.05, 0.1) is 6.54 Å². The first kappa shape index (κ1) is 27.5. The molecule has 3 rings (SSSR count). The van der Waals surface area contributed by atoms with Crippen LogP contribution < -0.4 is 20.1 Å². The van der Waals surface area contributed by atoms with Crippen molar-refractivity contribution >= 4 is 11.9 Å². The van der Waals surface area contributed by atoms with Crippen LogP contribution in [-0.4, -0.2) is 75.7 Å². The molecule has 0 saturated heterocycles. The summed E-state index contributed by atoms with van der Waals surface area (Å²) in [6.45, 7) is 2.73. The Balaban J connectivity index is 1.46. The van der Waals surface area contributed by atoms with Crippen molar-refractivity contribution in [2.24, 2.45) is 0 Å². The van der Waals surface area contributed by atoms with Gasteiger partial charge >= 0.3 is 6.03 Å². The number of nitrogens with zero attached hydrogens (tertiary/aromatic N) is 2. The second kappa shape index (κ2) is 14.5. The average molecular weight is 505 g/mol. The van der Waals surface area contributed by atoms with Gasteiger partial charge in [0.1, 0.15) is 18.1 Å². The van der Waals surface area contributed by atoms with Gasteiger partial charge < -0.3 is 29.9 Å². The Morgan fingerprint density at radius 2 is 1.38 bits per heavy atom. The van der Waals surface area contributed by atoms with E-state index >= 15 is 0 Å². The van der Waals surface area contributed by atoms with Crippen molar-refractivity contribution in [3.8, 4) is 22.6 Å². The Morgan fingerprint density at radius 3 is 1.95 bits per heavy atom. The zero-order chi connectivity index (χ0) is 26.5. The standard InChI is InChI=1S/C29H36N4O4/c1-30-29(35)33(21-23-7-5-4-6-8-23)19-20-36-26-13-9-24(10-14-26)25-11-15-27(16-12-25)37-22-28(34)31-17-18-32(2)3/h4-16H,17-22H2,1-3H3,(H,30,35)(H,31,34). The minimum Gasteiger partial charge on any atom is -0.492 e. The normalized spacial score (nSPS) is 10.6. The molecule has 0 aliphatic rings. The largest absolute Gasteiger partial charge is 0.492 e. The molecule has 0 bridgehead atoms.